The number of carbonyl (C=O) groups is 1. The minimum absolute atomic E-state index is 0.0358. The minimum atomic E-state index is -0.0358. The molecule has 0 unspecified atom stereocenters. The first-order valence-electron chi connectivity index (χ1n) is 7.10. The van der Waals surface area contributed by atoms with E-state index in [0.717, 1.165) is 23.9 Å². The third-order valence-electron chi connectivity index (χ3n) is 3.04. The summed E-state index contributed by atoms with van der Waals surface area (Å²) >= 11 is 0. The van der Waals surface area contributed by atoms with E-state index in [1.807, 2.05) is 24.3 Å². The zero-order valence-corrected chi connectivity index (χ0v) is 12.1. The van der Waals surface area contributed by atoms with Gasteiger partial charge in [-0.25, -0.2) is 0 Å². The highest BCUT2D eigenvalue weighted by atomic mass is 16.5. The Morgan fingerprint density at radius 2 is 2.15 bits per heavy atom. The average molecular weight is 274 g/mol. The summed E-state index contributed by atoms with van der Waals surface area (Å²) in [7, 11) is 0. The summed E-state index contributed by atoms with van der Waals surface area (Å²) in [4.78, 5) is 15.2. The molecule has 20 heavy (non-hydrogen) atoms. The molecule has 1 heterocycles. The molecule has 0 fully saturated rings. The van der Waals surface area contributed by atoms with Crippen LogP contribution in [0.25, 0.3) is 10.9 Å². The van der Waals surface area contributed by atoms with Gasteiger partial charge < -0.3 is 15.0 Å². The molecule has 0 spiro atoms. The summed E-state index contributed by atoms with van der Waals surface area (Å²) in [6.07, 6.45) is 2.59. The summed E-state index contributed by atoms with van der Waals surface area (Å²) in [6.45, 7) is 6.34. The normalized spacial score (nSPS) is 11.2. The minimum Gasteiger partial charge on any atom is -0.381 e. The number of rotatable bonds is 7. The Balaban J connectivity index is 1.78. The van der Waals surface area contributed by atoms with Crippen molar-refractivity contribution in [3.8, 4) is 0 Å². The second kappa shape index (κ2) is 7.10. The van der Waals surface area contributed by atoms with Crippen molar-refractivity contribution in [3.05, 3.63) is 36.0 Å². The van der Waals surface area contributed by atoms with Crippen molar-refractivity contribution in [1.29, 1.82) is 0 Å². The quantitative estimate of drug-likeness (QED) is 0.763. The molecule has 1 aromatic heterocycles. The fourth-order valence-electron chi connectivity index (χ4n) is 2.05. The molecule has 0 atom stereocenters. The maximum Gasteiger partial charge on any atom is 0.253 e. The van der Waals surface area contributed by atoms with Crippen LogP contribution < -0.4 is 5.32 Å². The SMILES string of the molecule is CC(C)COCCCNC(=O)c1c[nH]c2ccccc12. The highest BCUT2D eigenvalue weighted by molar-refractivity contribution is 6.06. The Morgan fingerprint density at radius 1 is 1.35 bits per heavy atom. The summed E-state index contributed by atoms with van der Waals surface area (Å²) in [5.41, 5.74) is 1.68. The first-order valence-corrected chi connectivity index (χ1v) is 7.10. The molecule has 0 radical (unpaired) electrons. The molecule has 0 saturated carbocycles. The number of para-hydroxylation sites is 1. The summed E-state index contributed by atoms with van der Waals surface area (Å²) < 4.78 is 5.48. The molecule has 4 heteroatoms. The van der Waals surface area contributed by atoms with Crippen molar-refractivity contribution in [1.82, 2.24) is 10.3 Å². The lowest BCUT2D eigenvalue weighted by molar-refractivity contribution is 0.0926. The van der Waals surface area contributed by atoms with Crippen LogP contribution in [0.5, 0.6) is 0 Å². The Labute approximate surface area is 119 Å². The zero-order valence-electron chi connectivity index (χ0n) is 12.1. The first kappa shape index (κ1) is 14.6. The van der Waals surface area contributed by atoms with Crippen LogP contribution in [0.1, 0.15) is 30.6 Å². The number of aromatic nitrogens is 1. The van der Waals surface area contributed by atoms with Gasteiger partial charge in [0.25, 0.3) is 5.91 Å². The molecule has 1 amide bonds. The lowest BCUT2D eigenvalue weighted by Crippen LogP contribution is -2.25. The Bertz CT molecular complexity index is 560. The average Bonchev–Trinajstić information content (AvgIpc) is 2.86. The van der Waals surface area contributed by atoms with E-state index in [9.17, 15) is 4.79 Å². The molecule has 0 aliphatic carbocycles. The largest absolute Gasteiger partial charge is 0.381 e. The fraction of sp³-hybridized carbons (Fsp3) is 0.438. The monoisotopic (exact) mass is 274 g/mol. The smallest absolute Gasteiger partial charge is 0.253 e. The number of hydrogen-bond acceptors (Lipinski definition) is 2. The summed E-state index contributed by atoms with van der Waals surface area (Å²) in [5.74, 6) is 0.516. The van der Waals surface area contributed by atoms with E-state index in [0.29, 0.717) is 24.6 Å². The fourth-order valence-corrected chi connectivity index (χ4v) is 2.05. The third-order valence-corrected chi connectivity index (χ3v) is 3.04. The van der Waals surface area contributed by atoms with Crippen molar-refractivity contribution in [2.45, 2.75) is 20.3 Å². The van der Waals surface area contributed by atoms with Gasteiger partial charge in [-0.05, 0) is 18.4 Å². The highest BCUT2D eigenvalue weighted by Crippen LogP contribution is 2.17. The van der Waals surface area contributed by atoms with E-state index < -0.39 is 0 Å². The number of fused-ring (bicyclic) bond motifs is 1. The van der Waals surface area contributed by atoms with Crippen molar-refractivity contribution in [2.24, 2.45) is 5.92 Å². The molecule has 0 bridgehead atoms. The van der Waals surface area contributed by atoms with Gasteiger partial charge in [0.2, 0.25) is 0 Å². The van der Waals surface area contributed by atoms with Crippen molar-refractivity contribution < 1.29 is 9.53 Å². The van der Waals surface area contributed by atoms with Gasteiger partial charge in [-0.2, -0.15) is 0 Å². The van der Waals surface area contributed by atoms with Gasteiger partial charge in [0.15, 0.2) is 0 Å². The van der Waals surface area contributed by atoms with Crippen molar-refractivity contribution >= 4 is 16.8 Å². The van der Waals surface area contributed by atoms with Gasteiger partial charge in [-0.1, -0.05) is 32.0 Å². The number of benzene rings is 1. The Kier molecular flexibility index (Phi) is 5.18. The maximum absolute atomic E-state index is 12.1. The third kappa shape index (κ3) is 3.84. The van der Waals surface area contributed by atoms with Crippen LogP contribution in [-0.4, -0.2) is 30.6 Å². The maximum atomic E-state index is 12.1. The van der Waals surface area contributed by atoms with Crippen molar-refractivity contribution in [2.75, 3.05) is 19.8 Å². The molecule has 2 aromatic rings. The van der Waals surface area contributed by atoms with Gasteiger partial charge in [-0.15, -0.1) is 0 Å². The second-order valence-electron chi connectivity index (χ2n) is 5.33. The molecular weight excluding hydrogens is 252 g/mol. The number of H-pyrrole nitrogens is 1. The van der Waals surface area contributed by atoms with E-state index >= 15 is 0 Å². The number of aromatic amines is 1. The Morgan fingerprint density at radius 3 is 2.95 bits per heavy atom. The summed E-state index contributed by atoms with van der Waals surface area (Å²) in [5, 5.41) is 3.89. The van der Waals surface area contributed by atoms with E-state index in [-0.39, 0.29) is 5.91 Å². The van der Waals surface area contributed by atoms with Gasteiger partial charge >= 0.3 is 0 Å². The molecular formula is C16H22N2O2. The molecule has 2 rings (SSSR count). The molecule has 4 nitrogen and oxygen atoms in total. The van der Waals surface area contributed by atoms with Crippen LogP contribution >= 0.6 is 0 Å². The predicted molar refractivity (Wildman–Crippen MR) is 80.9 cm³/mol. The zero-order chi connectivity index (χ0) is 14.4. The molecule has 108 valence electrons. The van der Waals surface area contributed by atoms with Gasteiger partial charge in [0.05, 0.1) is 5.56 Å². The molecule has 2 N–H and O–H groups in total. The number of amides is 1. The number of hydrogen-bond donors (Lipinski definition) is 2. The first-order chi connectivity index (χ1) is 9.68. The van der Waals surface area contributed by atoms with Crippen molar-refractivity contribution in [3.63, 3.8) is 0 Å². The topological polar surface area (TPSA) is 54.1 Å². The predicted octanol–water partition coefficient (Wildman–Crippen LogP) is 2.96. The Hall–Kier alpha value is -1.81. The van der Waals surface area contributed by atoms with E-state index in [1.54, 1.807) is 6.20 Å². The standard InChI is InChI=1S/C16H22N2O2/c1-12(2)11-20-9-5-8-17-16(19)14-10-18-15-7-4-3-6-13(14)15/h3-4,6-7,10,12,18H,5,8-9,11H2,1-2H3,(H,17,19). The van der Waals surface area contributed by atoms with E-state index in [4.69, 9.17) is 4.74 Å². The van der Waals surface area contributed by atoms with Crippen LogP contribution in [0, 0.1) is 5.92 Å². The lowest BCUT2D eigenvalue weighted by atomic mass is 10.1. The second-order valence-corrected chi connectivity index (χ2v) is 5.33. The van der Waals surface area contributed by atoms with Crippen LogP contribution in [0.2, 0.25) is 0 Å². The van der Waals surface area contributed by atoms with E-state index in [2.05, 4.69) is 24.1 Å². The van der Waals surface area contributed by atoms with Crippen LogP contribution in [-0.2, 0) is 4.74 Å². The van der Waals surface area contributed by atoms with Crippen LogP contribution in [0.3, 0.4) is 0 Å². The van der Waals surface area contributed by atoms with E-state index in [1.165, 1.54) is 0 Å². The van der Waals surface area contributed by atoms with Gasteiger partial charge in [0.1, 0.15) is 0 Å². The molecule has 1 aromatic carbocycles. The summed E-state index contributed by atoms with van der Waals surface area (Å²) in [6, 6.07) is 7.80. The lowest BCUT2D eigenvalue weighted by Gasteiger charge is -2.07. The number of ether oxygens (including phenoxy) is 1. The van der Waals surface area contributed by atoms with Crippen LogP contribution in [0.15, 0.2) is 30.5 Å². The highest BCUT2D eigenvalue weighted by Gasteiger charge is 2.10. The molecule has 0 aliphatic heterocycles. The number of nitrogens with one attached hydrogen (secondary N) is 2. The molecule has 0 aliphatic rings. The molecule has 0 saturated heterocycles. The van der Waals surface area contributed by atoms with Gasteiger partial charge in [0, 0.05) is 36.9 Å². The van der Waals surface area contributed by atoms with Gasteiger partial charge in [-0.3, -0.25) is 4.79 Å². The number of carbonyl (C=O) groups excluding carboxylic acids is 1. The van der Waals surface area contributed by atoms with Crippen LogP contribution in [0.4, 0.5) is 0 Å².